The molecule has 0 aliphatic heterocycles. The Balaban J connectivity index is 2.10. The van der Waals surface area contributed by atoms with Crippen molar-refractivity contribution in [2.24, 2.45) is 0 Å². The van der Waals surface area contributed by atoms with Gasteiger partial charge in [0.05, 0.1) is 0 Å². The first kappa shape index (κ1) is 16.9. The molecule has 23 heavy (non-hydrogen) atoms. The number of nitrogens with one attached hydrogen (secondary N) is 1. The van der Waals surface area contributed by atoms with E-state index in [1.165, 1.54) is 17.9 Å². The molecule has 0 radical (unpaired) electrons. The SMILES string of the molecule is CC(=O)N(CC(=O)Nc1ccc(F)c(F)c1)c1ccc(Cl)cc1. The number of carbonyl (C=O) groups is 2. The van der Waals surface area contributed by atoms with E-state index < -0.39 is 17.5 Å². The molecule has 0 heterocycles. The molecule has 0 saturated carbocycles. The Bertz CT molecular complexity index is 735. The van der Waals surface area contributed by atoms with Crippen LogP contribution in [0.5, 0.6) is 0 Å². The van der Waals surface area contributed by atoms with Gasteiger partial charge in [-0.1, -0.05) is 11.6 Å². The largest absolute Gasteiger partial charge is 0.324 e. The number of anilines is 2. The van der Waals surface area contributed by atoms with Crippen molar-refractivity contribution >= 4 is 34.8 Å². The number of hydrogen-bond donors (Lipinski definition) is 1. The van der Waals surface area contributed by atoms with E-state index in [1.54, 1.807) is 24.3 Å². The molecule has 4 nitrogen and oxygen atoms in total. The maximum atomic E-state index is 13.1. The van der Waals surface area contributed by atoms with E-state index in [4.69, 9.17) is 11.6 Å². The van der Waals surface area contributed by atoms with Gasteiger partial charge in [-0.05, 0) is 36.4 Å². The van der Waals surface area contributed by atoms with Crippen LogP contribution in [-0.4, -0.2) is 18.4 Å². The summed E-state index contributed by atoms with van der Waals surface area (Å²) in [6.07, 6.45) is 0. The molecule has 7 heteroatoms. The van der Waals surface area contributed by atoms with Gasteiger partial charge in [0.15, 0.2) is 11.6 Å². The minimum atomic E-state index is -1.07. The highest BCUT2D eigenvalue weighted by molar-refractivity contribution is 6.30. The summed E-state index contributed by atoms with van der Waals surface area (Å²) in [7, 11) is 0. The van der Waals surface area contributed by atoms with Crippen LogP contribution < -0.4 is 10.2 Å². The maximum Gasteiger partial charge on any atom is 0.244 e. The fraction of sp³-hybridized carbons (Fsp3) is 0.125. The van der Waals surface area contributed by atoms with E-state index in [9.17, 15) is 18.4 Å². The van der Waals surface area contributed by atoms with Gasteiger partial charge in [-0.25, -0.2) is 8.78 Å². The Morgan fingerprint density at radius 1 is 1.09 bits per heavy atom. The molecule has 0 aliphatic rings. The number of rotatable bonds is 4. The first-order valence-corrected chi connectivity index (χ1v) is 7.03. The zero-order valence-corrected chi connectivity index (χ0v) is 12.9. The molecule has 2 amide bonds. The van der Waals surface area contributed by atoms with Crippen molar-refractivity contribution in [1.82, 2.24) is 0 Å². The number of halogens is 3. The van der Waals surface area contributed by atoms with Gasteiger partial charge < -0.3 is 10.2 Å². The maximum absolute atomic E-state index is 13.1. The van der Waals surface area contributed by atoms with Gasteiger partial charge in [0, 0.05) is 29.4 Å². The lowest BCUT2D eigenvalue weighted by Gasteiger charge is -2.20. The summed E-state index contributed by atoms with van der Waals surface area (Å²) in [6, 6.07) is 9.42. The lowest BCUT2D eigenvalue weighted by atomic mass is 10.2. The molecular weight excluding hydrogens is 326 g/mol. The number of carbonyl (C=O) groups excluding carboxylic acids is 2. The Hall–Kier alpha value is -2.47. The summed E-state index contributed by atoms with van der Waals surface area (Å²) >= 11 is 5.79. The highest BCUT2D eigenvalue weighted by Crippen LogP contribution is 2.19. The molecule has 120 valence electrons. The third-order valence-corrected chi connectivity index (χ3v) is 3.28. The lowest BCUT2D eigenvalue weighted by Crippen LogP contribution is -2.36. The lowest BCUT2D eigenvalue weighted by molar-refractivity contribution is -0.120. The fourth-order valence-corrected chi connectivity index (χ4v) is 2.05. The average molecular weight is 339 g/mol. The van der Waals surface area contributed by atoms with Crippen molar-refractivity contribution in [2.45, 2.75) is 6.92 Å². The first-order chi connectivity index (χ1) is 10.9. The smallest absolute Gasteiger partial charge is 0.244 e. The first-order valence-electron chi connectivity index (χ1n) is 6.65. The Labute approximate surface area is 136 Å². The van der Waals surface area contributed by atoms with Gasteiger partial charge in [-0.2, -0.15) is 0 Å². The molecule has 0 aromatic heterocycles. The van der Waals surface area contributed by atoms with Gasteiger partial charge in [0.1, 0.15) is 6.54 Å². The molecule has 0 spiro atoms. The summed E-state index contributed by atoms with van der Waals surface area (Å²) in [6.45, 7) is 1.05. The monoisotopic (exact) mass is 338 g/mol. The topological polar surface area (TPSA) is 49.4 Å². The molecule has 2 aromatic carbocycles. The highest BCUT2D eigenvalue weighted by Gasteiger charge is 2.16. The molecule has 0 aliphatic carbocycles. The standard InChI is InChI=1S/C16H13ClF2N2O2/c1-10(22)21(13-5-2-11(17)3-6-13)9-16(23)20-12-4-7-14(18)15(19)8-12/h2-8H,9H2,1H3,(H,20,23). The molecule has 0 unspecified atom stereocenters. The van der Waals surface area contributed by atoms with E-state index >= 15 is 0 Å². The van der Waals surface area contributed by atoms with E-state index in [0.717, 1.165) is 12.1 Å². The van der Waals surface area contributed by atoms with E-state index in [1.807, 2.05) is 0 Å². The molecule has 1 N–H and O–H groups in total. The number of amides is 2. The second kappa shape index (κ2) is 7.19. The van der Waals surface area contributed by atoms with Crippen LogP contribution in [0.15, 0.2) is 42.5 Å². The van der Waals surface area contributed by atoms with Crippen molar-refractivity contribution in [2.75, 3.05) is 16.8 Å². The number of benzene rings is 2. The van der Waals surface area contributed by atoms with Gasteiger partial charge >= 0.3 is 0 Å². The summed E-state index contributed by atoms with van der Waals surface area (Å²) in [4.78, 5) is 25.0. The summed E-state index contributed by atoms with van der Waals surface area (Å²) in [5, 5.41) is 2.91. The van der Waals surface area contributed by atoms with Crippen molar-refractivity contribution in [3.05, 3.63) is 59.1 Å². The second-order valence-corrected chi connectivity index (χ2v) is 5.20. The van der Waals surface area contributed by atoms with Crippen LogP contribution in [0.25, 0.3) is 0 Å². The van der Waals surface area contributed by atoms with Crippen LogP contribution in [-0.2, 0) is 9.59 Å². The van der Waals surface area contributed by atoms with Crippen molar-refractivity contribution < 1.29 is 18.4 Å². The van der Waals surface area contributed by atoms with Crippen LogP contribution in [0, 0.1) is 11.6 Å². The molecule has 0 bridgehead atoms. The van der Waals surface area contributed by atoms with Gasteiger partial charge in [-0.15, -0.1) is 0 Å². The van der Waals surface area contributed by atoms with Crippen molar-refractivity contribution in [1.29, 1.82) is 0 Å². The molecule has 2 rings (SSSR count). The van der Waals surface area contributed by atoms with Crippen LogP contribution in [0.4, 0.5) is 20.2 Å². The molecule has 2 aromatic rings. The molecule has 0 fully saturated rings. The number of hydrogen-bond acceptors (Lipinski definition) is 2. The Morgan fingerprint density at radius 3 is 2.30 bits per heavy atom. The summed E-state index contributed by atoms with van der Waals surface area (Å²) in [5.74, 6) is -2.95. The quantitative estimate of drug-likeness (QED) is 0.925. The predicted molar refractivity (Wildman–Crippen MR) is 84.5 cm³/mol. The molecule has 0 saturated heterocycles. The van der Waals surface area contributed by atoms with E-state index in [2.05, 4.69) is 5.32 Å². The van der Waals surface area contributed by atoms with Crippen molar-refractivity contribution in [3.63, 3.8) is 0 Å². The fourth-order valence-electron chi connectivity index (χ4n) is 1.92. The van der Waals surface area contributed by atoms with Crippen molar-refractivity contribution in [3.8, 4) is 0 Å². The van der Waals surface area contributed by atoms with Crippen LogP contribution in [0.2, 0.25) is 5.02 Å². The zero-order valence-electron chi connectivity index (χ0n) is 12.1. The van der Waals surface area contributed by atoms with Crippen LogP contribution in [0.3, 0.4) is 0 Å². The number of nitrogens with zero attached hydrogens (tertiary/aromatic N) is 1. The van der Waals surface area contributed by atoms with Gasteiger partial charge in [0.2, 0.25) is 11.8 Å². The van der Waals surface area contributed by atoms with E-state index in [0.29, 0.717) is 10.7 Å². The zero-order chi connectivity index (χ0) is 17.0. The third-order valence-electron chi connectivity index (χ3n) is 3.02. The normalized spacial score (nSPS) is 10.3. The highest BCUT2D eigenvalue weighted by atomic mass is 35.5. The summed E-state index contributed by atoms with van der Waals surface area (Å²) < 4.78 is 26.0. The van der Waals surface area contributed by atoms with Gasteiger partial charge in [0.25, 0.3) is 0 Å². The van der Waals surface area contributed by atoms with Gasteiger partial charge in [-0.3, -0.25) is 9.59 Å². The third kappa shape index (κ3) is 4.50. The minimum absolute atomic E-state index is 0.105. The second-order valence-electron chi connectivity index (χ2n) is 4.76. The summed E-state index contributed by atoms with van der Waals surface area (Å²) in [5.41, 5.74) is 0.607. The average Bonchev–Trinajstić information content (AvgIpc) is 2.49. The Kier molecular flexibility index (Phi) is 5.28. The van der Waals surface area contributed by atoms with Crippen LogP contribution in [0.1, 0.15) is 6.92 Å². The van der Waals surface area contributed by atoms with E-state index in [-0.39, 0.29) is 18.1 Å². The Morgan fingerprint density at radius 2 is 1.74 bits per heavy atom. The predicted octanol–water partition coefficient (Wildman–Crippen LogP) is 3.61. The molecule has 0 atom stereocenters. The van der Waals surface area contributed by atoms with Crippen LogP contribution >= 0.6 is 11.6 Å². The minimum Gasteiger partial charge on any atom is -0.324 e. The molecular formula is C16H13ClF2N2O2.